The van der Waals surface area contributed by atoms with Gasteiger partial charge in [0.05, 0.1) is 0 Å². The number of carbonyl (C=O) groups excluding carboxylic acids is 2. The van der Waals surface area contributed by atoms with Gasteiger partial charge in [-0.15, -0.1) is 10.2 Å². The Labute approximate surface area is 227 Å². The Morgan fingerprint density at radius 1 is 1.00 bits per heavy atom. The Kier molecular flexibility index (Phi) is 7.67. The van der Waals surface area contributed by atoms with Crippen LogP contribution in [-0.2, 0) is 16.1 Å². The first-order valence-corrected chi connectivity index (χ1v) is 13.2. The number of hydrogen-bond acceptors (Lipinski definition) is 6. The minimum atomic E-state index is -0.958. The highest BCUT2D eigenvalue weighted by Gasteiger charge is 2.35. The smallest absolute Gasteiger partial charge is 0.251 e. The highest BCUT2D eigenvalue weighted by molar-refractivity contribution is 6.01. The SMILES string of the molecule is Cc1ccc(-c2nnn(CC(=O)N(c3ccccc3C)[C@@H](C(=O)NC3CCCC3)c3ccc(O)cc3)n2)cc1. The number of amides is 2. The summed E-state index contributed by atoms with van der Waals surface area (Å²) in [5.41, 5.74) is 3.96. The van der Waals surface area contributed by atoms with Crippen molar-refractivity contribution in [1.82, 2.24) is 25.5 Å². The number of phenols is 1. The van der Waals surface area contributed by atoms with Gasteiger partial charge in [-0.2, -0.15) is 4.80 Å². The molecule has 4 aromatic rings. The summed E-state index contributed by atoms with van der Waals surface area (Å²) in [5, 5.41) is 25.8. The van der Waals surface area contributed by atoms with Crippen molar-refractivity contribution in [2.45, 2.75) is 58.2 Å². The van der Waals surface area contributed by atoms with Gasteiger partial charge in [0.15, 0.2) is 0 Å². The molecule has 1 heterocycles. The van der Waals surface area contributed by atoms with Gasteiger partial charge >= 0.3 is 0 Å². The van der Waals surface area contributed by atoms with Gasteiger partial charge in [0.1, 0.15) is 18.3 Å². The molecule has 1 aromatic heterocycles. The van der Waals surface area contributed by atoms with Crippen molar-refractivity contribution in [2.75, 3.05) is 4.90 Å². The lowest BCUT2D eigenvalue weighted by molar-refractivity contribution is -0.127. The molecule has 1 aliphatic carbocycles. The second kappa shape index (κ2) is 11.5. The molecule has 5 rings (SSSR count). The molecule has 0 aliphatic heterocycles. The molecule has 2 N–H and O–H groups in total. The normalized spacial score (nSPS) is 14.2. The topological polar surface area (TPSA) is 113 Å². The van der Waals surface area contributed by atoms with Crippen molar-refractivity contribution < 1.29 is 14.7 Å². The molecular formula is C30H32N6O3. The summed E-state index contributed by atoms with van der Waals surface area (Å²) in [4.78, 5) is 30.7. The summed E-state index contributed by atoms with van der Waals surface area (Å²) in [6, 6.07) is 20.7. The number of benzene rings is 3. The summed E-state index contributed by atoms with van der Waals surface area (Å²) in [5.74, 6) is -0.134. The fourth-order valence-electron chi connectivity index (χ4n) is 5.00. The third-order valence-electron chi connectivity index (χ3n) is 7.10. The number of hydrogen-bond donors (Lipinski definition) is 2. The van der Waals surface area contributed by atoms with E-state index in [0.717, 1.165) is 42.4 Å². The highest BCUT2D eigenvalue weighted by atomic mass is 16.3. The Morgan fingerprint density at radius 2 is 1.69 bits per heavy atom. The van der Waals surface area contributed by atoms with E-state index in [4.69, 9.17) is 0 Å². The lowest BCUT2D eigenvalue weighted by atomic mass is 10.0. The molecule has 9 nitrogen and oxygen atoms in total. The number of para-hydroxylation sites is 1. The number of tetrazole rings is 1. The van der Waals surface area contributed by atoms with Crippen LogP contribution < -0.4 is 10.2 Å². The Balaban J connectivity index is 1.51. The quantitative estimate of drug-likeness (QED) is 0.351. The van der Waals surface area contributed by atoms with Gasteiger partial charge in [-0.25, -0.2) is 0 Å². The first kappa shape index (κ1) is 26.1. The van der Waals surface area contributed by atoms with Crippen LogP contribution in [0, 0.1) is 13.8 Å². The van der Waals surface area contributed by atoms with Gasteiger partial charge in [-0.05, 0) is 61.2 Å². The van der Waals surface area contributed by atoms with Crippen LogP contribution in [0.25, 0.3) is 11.4 Å². The van der Waals surface area contributed by atoms with Crippen molar-refractivity contribution in [3.8, 4) is 17.1 Å². The lowest BCUT2D eigenvalue weighted by Gasteiger charge is -2.33. The molecule has 39 heavy (non-hydrogen) atoms. The monoisotopic (exact) mass is 524 g/mol. The van der Waals surface area contributed by atoms with Crippen molar-refractivity contribution in [1.29, 1.82) is 0 Å². The van der Waals surface area contributed by atoms with Crippen LogP contribution in [0.4, 0.5) is 5.69 Å². The zero-order valence-corrected chi connectivity index (χ0v) is 22.1. The molecule has 0 unspecified atom stereocenters. The maximum Gasteiger partial charge on any atom is 0.251 e. The van der Waals surface area contributed by atoms with E-state index in [1.54, 1.807) is 12.1 Å². The molecule has 2 amide bonds. The van der Waals surface area contributed by atoms with E-state index in [1.807, 2.05) is 62.4 Å². The van der Waals surface area contributed by atoms with Gasteiger partial charge in [0.25, 0.3) is 5.91 Å². The molecule has 1 atom stereocenters. The molecule has 0 saturated heterocycles. The molecule has 0 spiro atoms. The molecule has 1 saturated carbocycles. The number of aromatic hydroxyl groups is 1. The molecule has 9 heteroatoms. The van der Waals surface area contributed by atoms with E-state index in [0.29, 0.717) is 17.1 Å². The van der Waals surface area contributed by atoms with Crippen molar-refractivity contribution in [2.24, 2.45) is 0 Å². The number of nitrogens with zero attached hydrogens (tertiary/aromatic N) is 5. The maximum atomic E-state index is 14.0. The number of anilines is 1. The van der Waals surface area contributed by atoms with Crippen LogP contribution in [0.15, 0.2) is 72.8 Å². The van der Waals surface area contributed by atoms with Crippen LogP contribution in [0.1, 0.15) is 48.4 Å². The third-order valence-corrected chi connectivity index (χ3v) is 7.10. The number of rotatable bonds is 8. The largest absolute Gasteiger partial charge is 0.508 e. The predicted octanol–water partition coefficient (Wildman–Crippen LogP) is 4.50. The molecule has 200 valence electrons. The summed E-state index contributed by atoms with van der Waals surface area (Å²) in [6.45, 7) is 3.69. The summed E-state index contributed by atoms with van der Waals surface area (Å²) in [7, 11) is 0. The standard InChI is InChI=1S/C30H32N6O3/c1-20-11-13-23(14-12-20)29-32-34-35(33-29)19-27(38)36(26-10-6-3-7-21(26)2)28(22-15-17-25(37)18-16-22)30(39)31-24-8-4-5-9-24/h3,6-7,10-18,24,28,37H,4-5,8-9,19H2,1-2H3,(H,31,39)/t28-/m1/s1. The Bertz CT molecular complexity index is 1440. The molecule has 1 fully saturated rings. The molecule has 0 radical (unpaired) electrons. The third kappa shape index (κ3) is 5.98. The van der Waals surface area contributed by atoms with Crippen LogP contribution in [0.2, 0.25) is 0 Å². The van der Waals surface area contributed by atoms with E-state index in [1.165, 1.54) is 21.8 Å². The van der Waals surface area contributed by atoms with Gasteiger partial charge in [-0.3, -0.25) is 14.5 Å². The minimum absolute atomic E-state index is 0.0694. The molecule has 1 aliphatic rings. The highest BCUT2D eigenvalue weighted by Crippen LogP contribution is 2.32. The number of nitrogens with one attached hydrogen (secondary N) is 1. The minimum Gasteiger partial charge on any atom is -0.508 e. The van der Waals surface area contributed by atoms with Gasteiger partial charge in [-0.1, -0.05) is 73.0 Å². The summed E-state index contributed by atoms with van der Waals surface area (Å²) >= 11 is 0. The number of aromatic nitrogens is 4. The summed E-state index contributed by atoms with van der Waals surface area (Å²) in [6.07, 6.45) is 3.96. The first-order valence-electron chi connectivity index (χ1n) is 13.2. The molecule has 0 bridgehead atoms. The van der Waals surface area contributed by atoms with E-state index in [-0.39, 0.29) is 30.2 Å². The average molecular weight is 525 g/mol. The van der Waals surface area contributed by atoms with E-state index < -0.39 is 6.04 Å². The molecular weight excluding hydrogens is 492 g/mol. The van der Waals surface area contributed by atoms with Crippen molar-refractivity contribution in [3.05, 3.63) is 89.5 Å². The van der Waals surface area contributed by atoms with Crippen LogP contribution in [-0.4, -0.2) is 43.2 Å². The predicted molar refractivity (Wildman–Crippen MR) is 148 cm³/mol. The number of aryl methyl sites for hydroxylation is 2. The molecule has 3 aromatic carbocycles. The van der Waals surface area contributed by atoms with Crippen molar-refractivity contribution in [3.63, 3.8) is 0 Å². The van der Waals surface area contributed by atoms with Gasteiger partial charge in [0.2, 0.25) is 11.7 Å². The number of phenolic OH excluding ortho intramolecular Hbond substituents is 1. The first-order chi connectivity index (χ1) is 18.9. The van der Waals surface area contributed by atoms with E-state index in [9.17, 15) is 14.7 Å². The van der Waals surface area contributed by atoms with Crippen LogP contribution >= 0.6 is 0 Å². The lowest BCUT2D eigenvalue weighted by Crippen LogP contribution is -2.47. The zero-order chi connectivity index (χ0) is 27.4. The van der Waals surface area contributed by atoms with Crippen LogP contribution in [0.3, 0.4) is 0 Å². The van der Waals surface area contributed by atoms with Crippen molar-refractivity contribution >= 4 is 17.5 Å². The zero-order valence-electron chi connectivity index (χ0n) is 22.1. The van der Waals surface area contributed by atoms with E-state index in [2.05, 4.69) is 20.7 Å². The number of carbonyl (C=O) groups is 2. The second-order valence-electron chi connectivity index (χ2n) is 10.0. The maximum absolute atomic E-state index is 14.0. The van der Waals surface area contributed by atoms with E-state index >= 15 is 0 Å². The van der Waals surface area contributed by atoms with Crippen LogP contribution in [0.5, 0.6) is 5.75 Å². The fraction of sp³-hybridized carbons (Fsp3) is 0.300. The average Bonchev–Trinajstić information content (AvgIpc) is 3.61. The Hall–Kier alpha value is -4.53. The van der Waals surface area contributed by atoms with Gasteiger partial charge < -0.3 is 10.4 Å². The van der Waals surface area contributed by atoms with Gasteiger partial charge in [0, 0.05) is 17.3 Å². The fourth-order valence-corrected chi connectivity index (χ4v) is 5.00. The second-order valence-corrected chi connectivity index (χ2v) is 10.0. The summed E-state index contributed by atoms with van der Waals surface area (Å²) < 4.78 is 0. The Morgan fingerprint density at radius 3 is 2.38 bits per heavy atom.